The van der Waals surface area contributed by atoms with E-state index in [1.54, 1.807) is 63.7 Å². The van der Waals surface area contributed by atoms with E-state index in [1.807, 2.05) is 47.0 Å². The summed E-state index contributed by atoms with van der Waals surface area (Å²) in [5.41, 5.74) is 2.36. The van der Waals surface area contributed by atoms with E-state index < -0.39 is 197 Å². The Morgan fingerprint density at radius 3 is 1.77 bits per heavy atom. The highest BCUT2D eigenvalue weighted by molar-refractivity contribution is 7.19. The minimum Gasteiger partial charge on any atom is -0.458 e. The summed E-state index contributed by atoms with van der Waals surface area (Å²) in [7, 11) is -6.21. The van der Waals surface area contributed by atoms with Crippen molar-refractivity contribution in [2.45, 2.75) is 59.2 Å². The van der Waals surface area contributed by atoms with Gasteiger partial charge in [-0.2, -0.15) is 0 Å². The standard InChI is InChI=1S/C75H64N4OSi/c1-52-45-72(76-50-65(52)53-25-12-8-13-26-53)79-68-40-21-20-37-63(68)64-43-42-58(49-70(64)79)80-57-29-23-28-56(48-57)77-51-78(73-66(74(2,3)4)38-24-39-67(73)75(5,6)7)69-44-41-55(47-71(69)77)54-27-22-36-62(46-54)81(59-30-14-9-15-31-59,60-32-16-10-17-33-60)61-34-18-11-19-35-61/h8-50H,1-7H3/i1D3,8D,9D,10D,11D,12D,13D,14D,15D,16D,17D,18D,19D,22D,25D,26D,27D,30D,31D,32D,33D,34D,35D,36D,46D. The molecule has 3 heterocycles. The molecule has 0 N–H and O–H groups in total. The van der Waals surface area contributed by atoms with E-state index in [4.69, 9.17) is 33.0 Å². The number of rotatable bonds is 11. The van der Waals surface area contributed by atoms with Crippen LogP contribution in [0.2, 0.25) is 0 Å². The Balaban J connectivity index is 1.07. The van der Waals surface area contributed by atoms with Crippen LogP contribution in [0.15, 0.2) is 260 Å². The van der Waals surface area contributed by atoms with Crippen LogP contribution < -0.4 is 30.1 Å². The molecule has 0 radical (unpaired) electrons. The van der Waals surface area contributed by atoms with Gasteiger partial charge in [0, 0.05) is 32.7 Å². The molecule has 81 heavy (non-hydrogen) atoms. The summed E-state index contributed by atoms with van der Waals surface area (Å²) in [5.74, 6) is 0.658. The first kappa shape index (κ1) is 29.2. The zero-order chi connectivity index (χ0) is 78.8. The van der Waals surface area contributed by atoms with Gasteiger partial charge in [0.25, 0.3) is 6.33 Å². The van der Waals surface area contributed by atoms with Crippen LogP contribution in [-0.4, -0.2) is 22.2 Å². The Morgan fingerprint density at radius 1 is 0.519 bits per heavy atom. The summed E-state index contributed by atoms with van der Waals surface area (Å²) >= 11 is 0. The summed E-state index contributed by atoms with van der Waals surface area (Å²) in [6.45, 7) is 9.47. The molecule has 0 amide bonds. The van der Waals surface area contributed by atoms with Crippen molar-refractivity contribution in [3.63, 3.8) is 0 Å². The van der Waals surface area contributed by atoms with Gasteiger partial charge >= 0.3 is 0 Å². The topological polar surface area (TPSA) is 35.9 Å². The number of aryl methyl sites for hydroxylation is 1. The molecular weight excluding hydrogens is 1000 g/mol. The first-order valence-electron chi connectivity index (χ1n) is 39.4. The van der Waals surface area contributed by atoms with E-state index in [2.05, 4.69) is 47.9 Å². The van der Waals surface area contributed by atoms with Gasteiger partial charge in [-0.05, 0) is 120 Å². The molecule has 5 nitrogen and oxygen atoms in total. The first-order valence-corrected chi connectivity index (χ1v) is 27.9. The Bertz CT molecular complexity index is 5760. The Kier molecular flexibility index (Phi) is 7.35. The molecule has 13 aromatic rings. The SMILES string of the molecule is [2H]c1c([2H])c([2H])c(-c2cnc(-n3c4ccccc4c4ccc(Oc5cccc(-n6[c-][n+](-c7c(C(C)(C)C)cccc7C(C)(C)C)c7ccc(-c8c([2H])c([2H])c([2H])c([Si](c9c([2H])c([2H])c([2H])c([2H])c9[2H])(c9c([2H])c([2H])c([2H])c([2H])c9[2H])c9c([2H])c([2H])c([2H])c([2H])c9[2H])c8[2H])cc76)c5)cc43)cc2C([2H])([2H])[2H])c([2H])c1[2H]. The van der Waals surface area contributed by atoms with Crippen molar-refractivity contribution in [2.75, 3.05) is 0 Å². The third kappa shape index (κ3) is 9.16. The molecule has 0 spiro atoms. The molecule has 10 aromatic carbocycles. The number of aromatic nitrogens is 4. The van der Waals surface area contributed by atoms with Crippen LogP contribution in [0.1, 0.15) is 95.2 Å². The fourth-order valence-corrected chi connectivity index (χ4v) is 14.2. The largest absolute Gasteiger partial charge is 0.458 e. The molecule has 0 unspecified atom stereocenters. The second-order valence-corrected chi connectivity index (χ2v) is 24.9. The minimum atomic E-state index is -6.21. The molecule has 13 rings (SSSR count). The van der Waals surface area contributed by atoms with Crippen LogP contribution in [0, 0.1) is 13.2 Å². The molecule has 0 bridgehead atoms. The maximum absolute atomic E-state index is 10.6. The quantitative estimate of drug-likeness (QED) is 0.0560. The highest BCUT2D eigenvalue weighted by atomic mass is 28.3. The highest BCUT2D eigenvalue weighted by Gasteiger charge is 2.41. The number of pyridine rings is 1. The molecule has 3 aromatic heterocycles. The zero-order valence-corrected chi connectivity index (χ0v) is 45.7. The lowest BCUT2D eigenvalue weighted by atomic mass is 9.78. The predicted octanol–water partition coefficient (Wildman–Crippen LogP) is 15.6. The van der Waals surface area contributed by atoms with Gasteiger partial charge < -0.3 is 4.74 Å². The Labute approximate surface area is 514 Å². The number of para-hydroxylation sites is 2. The van der Waals surface area contributed by atoms with Crippen LogP contribution in [0.4, 0.5) is 0 Å². The Morgan fingerprint density at radius 2 is 1.11 bits per heavy atom. The Hall–Kier alpha value is -9.36. The summed E-state index contributed by atoms with van der Waals surface area (Å²) in [5, 5.41) is -2.39. The molecule has 0 saturated heterocycles. The van der Waals surface area contributed by atoms with Gasteiger partial charge in [-0.25, -0.2) is 4.98 Å². The van der Waals surface area contributed by atoms with Crippen molar-refractivity contribution < 1.29 is 46.3 Å². The maximum Gasteiger partial charge on any atom is 0.269 e. The van der Waals surface area contributed by atoms with Crippen molar-refractivity contribution in [1.82, 2.24) is 14.1 Å². The minimum absolute atomic E-state index is 0.0568. The molecule has 0 fully saturated rings. The molecule has 0 aliphatic rings. The normalized spacial score (nSPS) is 17.0. The van der Waals surface area contributed by atoms with Gasteiger partial charge in [0.05, 0.1) is 66.3 Å². The van der Waals surface area contributed by atoms with E-state index in [1.165, 1.54) is 18.3 Å². The van der Waals surface area contributed by atoms with E-state index in [9.17, 15) is 13.7 Å². The number of nitrogens with zero attached hydrogens (tertiary/aromatic N) is 4. The first-order chi connectivity index (χ1) is 50.5. The van der Waals surface area contributed by atoms with Gasteiger partial charge in [0.1, 0.15) is 17.3 Å². The molecule has 6 heteroatoms. The molecule has 0 aliphatic heterocycles. The number of fused-ring (bicyclic) bond motifs is 4. The van der Waals surface area contributed by atoms with Gasteiger partial charge in [-0.1, -0.05) is 241 Å². The summed E-state index contributed by atoms with van der Waals surface area (Å²) in [6.07, 6.45) is 4.80. The highest BCUT2D eigenvalue weighted by Crippen LogP contribution is 2.39. The van der Waals surface area contributed by atoms with Gasteiger partial charge in [-0.3, -0.25) is 13.7 Å². The molecule has 0 aliphatic carbocycles. The lowest BCUT2D eigenvalue weighted by Gasteiger charge is -2.34. The van der Waals surface area contributed by atoms with Crippen molar-refractivity contribution in [2.24, 2.45) is 0 Å². The van der Waals surface area contributed by atoms with E-state index in [0.29, 0.717) is 33.1 Å². The van der Waals surface area contributed by atoms with Crippen LogP contribution in [0.5, 0.6) is 11.5 Å². The van der Waals surface area contributed by atoms with Crippen LogP contribution >= 0.6 is 0 Å². The lowest BCUT2D eigenvalue weighted by molar-refractivity contribution is -0.574. The van der Waals surface area contributed by atoms with Crippen molar-refractivity contribution in [3.05, 3.63) is 283 Å². The fraction of sp³-hybridized carbons (Fsp3) is 0.120. The average Bonchev–Trinajstić information content (AvgIpc) is 0.908. The second kappa shape index (κ2) is 20.4. The van der Waals surface area contributed by atoms with Gasteiger partial charge in [0.2, 0.25) is 0 Å². The lowest BCUT2D eigenvalue weighted by Crippen LogP contribution is -2.74. The predicted molar refractivity (Wildman–Crippen MR) is 339 cm³/mol. The number of benzene rings is 10. The zero-order valence-electron chi connectivity index (χ0n) is 71.7. The fourth-order valence-electron chi connectivity index (χ4n) is 10.6. The number of ether oxygens (including phenoxy) is 1. The monoisotopic (exact) mass is 1090 g/mol. The molecule has 0 atom stereocenters. The van der Waals surface area contributed by atoms with E-state index in [-0.39, 0.29) is 39.6 Å². The smallest absolute Gasteiger partial charge is 0.269 e. The number of imidazole rings is 1. The van der Waals surface area contributed by atoms with Crippen LogP contribution in [-0.2, 0) is 10.8 Å². The van der Waals surface area contributed by atoms with Gasteiger partial charge in [0.15, 0.2) is 8.07 Å². The third-order valence-electron chi connectivity index (χ3n) is 14.3. The number of hydrogen-bond donors (Lipinski definition) is 0. The van der Waals surface area contributed by atoms with Crippen LogP contribution in [0.25, 0.3) is 72.3 Å². The second-order valence-electron chi connectivity index (χ2n) is 21.4. The number of hydrogen-bond acceptors (Lipinski definition) is 2. The molecular formula is C75H64N4OSi. The third-order valence-corrected chi connectivity index (χ3v) is 18.3. The van der Waals surface area contributed by atoms with Crippen molar-refractivity contribution >= 4 is 61.7 Å². The molecule has 394 valence electrons. The van der Waals surface area contributed by atoms with E-state index >= 15 is 0 Å². The summed E-state index contributed by atoms with van der Waals surface area (Å²) in [6, 6.07) is 8.19. The van der Waals surface area contributed by atoms with Crippen molar-refractivity contribution in [1.29, 1.82) is 0 Å². The summed E-state index contributed by atoms with van der Waals surface area (Å²) in [4.78, 5) is 4.72. The van der Waals surface area contributed by atoms with Crippen LogP contribution in [0.3, 0.4) is 0 Å². The molecule has 0 saturated carbocycles. The van der Waals surface area contributed by atoms with Crippen molar-refractivity contribution in [3.8, 4) is 50.9 Å². The average molecular weight is 1090 g/mol. The summed E-state index contributed by atoms with van der Waals surface area (Å²) < 4.78 is 260. The van der Waals surface area contributed by atoms with E-state index in [0.717, 1.165) is 22.2 Å². The maximum atomic E-state index is 10.6. The van der Waals surface area contributed by atoms with Gasteiger partial charge in [-0.15, -0.1) is 0 Å².